The highest BCUT2D eigenvalue weighted by Gasteiger charge is 2.45. The molecule has 0 unspecified atom stereocenters. The number of halogens is 3. The smallest absolute Gasteiger partial charge is 0.329 e. The maximum absolute atomic E-state index is 12.1. The van der Waals surface area contributed by atoms with Gasteiger partial charge in [0.25, 0.3) is 0 Å². The molecule has 1 amide bonds. The Hall–Kier alpha value is -0.780. The van der Waals surface area contributed by atoms with Gasteiger partial charge in [0.15, 0.2) is 0 Å². The Morgan fingerprint density at radius 3 is 1.93 bits per heavy atom. The van der Waals surface area contributed by atoms with E-state index in [1.165, 1.54) is 20.8 Å². The number of nitrogens with two attached hydrogens (primary N) is 1. The van der Waals surface area contributed by atoms with Crippen LogP contribution in [-0.2, 0) is 4.79 Å². The second-order valence-electron chi connectivity index (χ2n) is 3.91. The van der Waals surface area contributed by atoms with Crippen molar-refractivity contribution in [1.29, 1.82) is 0 Å². The van der Waals surface area contributed by atoms with Gasteiger partial charge < -0.3 is 10.6 Å². The zero-order valence-corrected chi connectivity index (χ0v) is 8.48. The molecule has 0 bridgehead atoms. The molecule has 0 rings (SSSR count). The molecule has 0 atom stereocenters. The van der Waals surface area contributed by atoms with E-state index in [-0.39, 0.29) is 13.1 Å². The number of amides is 1. The first-order valence-electron chi connectivity index (χ1n) is 4.19. The van der Waals surface area contributed by atoms with Crippen molar-refractivity contribution in [2.75, 3.05) is 13.1 Å². The Bertz CT molecular complexity index is 208. The van der Waals surface area contributed by atoms with Crippen molar-refractivity contribution in [3.8, 4) is 0 Å². The van der Waals surface area contributed by atoms with Gasteiger partial charge in [-0.25, -0.2) is 0 Å². The average molecular weight is 212 g/mol. The summed E-state index contributed by atoms with van der Waals surface area (Å²) in [6.07, 6.45) is -4.83. The van der Waals surface area contributed by atoms with E-state index in [2.05, 4.69) is 0 Å². The van der Waals surface area contributed by atoms with Crippen molar-refractivity contribution >= 4 is 5.91 Å². The number of nitrogens with zero attached hydrogens (tertiary/aromatic N) is 1. The van der Waals surface area contributed by atoms with Crippen LogP contribution in [0.15, 0.2) is 0 Å². The Labute approximate surface area is 81.1 Å². The Morgan fingerprint density at radius 1 is 1.29 bits per heavy atom. The van der Waals surface area contributed by atoms with Crippen LogP contribution in [-0.4, -0.2) is 35.6 Å². The molecule has 2 N–H and O–H groups in total. The molecule has 0 radical (unpaired) electrons. The molecule has 0 aliphatic heterocycles. The first kappa shape index (κ1) is 13.2. The van der Waals surface area contributed by atoms with Gasteiger partial charge in [0.2, 0.25) is 0 Å². The predicted octanol–water partition coefficient (Wildman–Crippen LogP) is 1.13. The molecule has 6 heteroatoms. The van der Waals surface area contributed by atoms with Gasteiger partial charge in [-0.05, 0) is 20.8 Å². The lowest BCUT2D eigenvalue weighted by Crippen LogP contribution is -2.52. The molecule has 0 saturated carbocycles. The molecule has 0 heterocycles. The van der Waals surface area contributed by atoms with Crippen LogP contribution in [0.5, 0.6) is 0 Å². The summed E-state index contributed by atoms with van der Waals surface area (Å²) in [6.45, 7) is 4.52. The summed E-state index contributed by atoms with van der Waals surface area (Å²) >= 11 is 0. The van der Waals surface area contributed by atoms with E-state index in [4.69, 9.17) is 5.73 Å². The fourth-order valence-electron chi connectivity index (χ4n) is 1.02. The first-order chi connectivity index (χ1) is 6.10. The summed E-state index contributed by atoms with van der Waals surface area (Å²) < 4.78 is 36.4. The van der Waals surface area contributed by atoms with Crippen LogP contribution < -0.4 is 5.73 Å². The molecule has 0 aromatic rings. The van der Waals surface area contributed by atoms with Gasteiger partial charge in [-0.15, -0.1) is 0 Å². The average Bonchev–Trinajstić information content (AvgIpc) is 1.94. The maximum Gasteiger partial charge on any atom is 0.471 e. The monoisotopic (exact) mass is 212 g/mol. The van der Waals surface area contributed by atoms with Crippen molar-refractivity contribution in [2.24, 2.45) is 5.73 Å². The van der Waals surface area contributed by atoms with Crippen LogP contribution in [0.3, 0.4) is 0 Å². The quantitative estimate of drug-likeness (QED) is 0.746. The van der Waals surface area contributed by atoms with Gasteiger partial charge in [-0.1, -0.05) is 0 Å². The Balaban J connectivity index is 4.77. The summed E-state index contributed by atoms with van der Waals surface area (Å²) in [5, 5.41) is 0. The number of carbonyl (C=O) groups is 1. The SMILES string of the molecule is CC(C)(C)N(CCN)C(=O)C(F)(F)F. The van der Waals surface area contributed by atoms with Gasteiger partial charge in [0, 0.05) is 18.6 Å². The van der Waals surface area contributed by atoms with Crippen molar-refractivity contribution in [3.63, 3.8) is 0 Å². The highest BCUT2D eigenvalue weighted by molar-refractivity contribution is 5.82. The van der Waals surface area contributed by atoms with Crippen LogP contribution in [0, 0.1) is 0 Å². The molecule has 0 saturated heterocycles. The van der Waals surface area contributed by atoms with Gasteiger partial charge >= 0.3 is 12.1 Å². The number of hydrogen-bond acceptors (Lipinski definition) is 2. The van der Waals surface area contributed by atoms with Crippen LogP contribution >= 0.6 is 0 Å². The standard InChI is InChI=1S/C8H15F3N2O/c1-7(2,3)13(5-4-12)6(14)8(9,10)11/h4-5,12H2,1-3H3. The zero-order valence-electron chi connectivity index (χ0n) is 8.48. The summed E-state index contributed by atoms with van der Waals surface area (Å²) in [4.78, 5) is 11.7. The predicted molar refractivity (Wildman–Crippen MR) is 46.6 cm³/mol. The van der Waals surface area contributed by atoms with Crippen molar-refractivity contribution in [3.05, 3.63) is 0 Å². The summed E-state index contributed by atoms with van der Waals surface area (Å²) in [5.41, 5.74) is 4.28. The molecule has 0 aromatic heterocycles. The number of carbonyl (C=O) groups excluding carboxylic acids is 1. The van der Waals surface area contributed by atoms with Crippen molar-refractivity contribution in [1.82, 2.24) is 4.90 Å². The Kier molecular flexibility index (Phi) is 3.93. The lowest BCUT2D eigenvalue weighted by Gasteiger charge is -2.35. The Morgan fingerprint density at radius 2 is 1.71 bits per heavy atom. The number of alkyl halides is 3. The van der Waals surface area contributed by atoms with Gasteiger partial charge in [0.05, 0.1) is 0 Å². The lowest BCUT2D eigenvalue weighted by atomic mass is 10.1. The third-order valence-electron chi connectivity index (χ3n) is 1.65. The van der Waals surface area contributed by atoms with Crippen molar-refractivity contribution < 1.29 is 18.0 Å². The molecule has 0 aromatic carbocycles. The minimum Gasteiger partial charge on any atom is -0.329 e. The molecule has 14 heavy (non-hydrogen) atoms. The van der Waals surface area contributed by atoms with Crippen LogP contribution in [0.25, 0.3) is 0 Å². The topological polar surface area (TPSA) is 46.3 Å². The lowest BCUT2D eigenvalue weighted by molar-refractivity contribution is -0.190. The molecule has 84 valence electrons. The molecule has 0 aliphatic rings. The van der Waals surface area contributed by atoms with Gasteiger partial charge in [0.1, 0.15) is 0 Å². The molecule has 0 aliphatic carbocycles. The fraction of sp³-hybridized carbons (Fsp3) is 0.875. The molecule has 3 nitrogen and oxygen atoms in total. The molecular weight excluding hydrogens is 197 g/mol. The third-order valence-corrected chi connectivity index (χ3v) is 1.65. The summed E-state index contributed by atoms with van der Waals surface area (Å²) in [7, 11) is 0. The van der Waals surface area contributed by atoms with Gasteiger partial charge in [-0.3, -0.25) is 4.79 Å². The van der Waals surface area contributed by atoms with Gasteiger partial charge in [-0.2, -0.15) is 13.2 Å². The third kappa shape index (κ3) is 3.53. The highest BCUT2D eigenvalue weighted by Crippen LogP contribution is 2.23. The second-order valence-corrected chi connectivity index (χ2v) is 3.91. The van der Waals surface area contributed by atoms with E-state index in [0.29, 0.717) is 0 Å². The number of hydrogen-bond donors (Lipinski definition) is 1. The highest BCUT2D eigenvalue weighted by atomic mass is 19.4. The molecular formula is C8H15F3N2O. The summed E-state index contributed by atoms with van der Waals surface area (Å²) in [6, 6.07) is 0. The van der Waals surface area contributed by atoms with E-state index >= 15 is 0 Å². The fourth-order valence-corrected chi connectivity index (χ4v) is 1.02. The largest absolute Gasteiger partial charge is 0.471 e. The van der Waals surface area contributed by atoms with Crippen LogP contribution in [0.1, 0.15) is 20.8 Å². The molecule has 0 fully saturated rings. The number of rotatable bonds is 2. The minimum absolute atomic E-state index is 0.0130. The van der Waals surface area contributed by atoms with E-state index in [1.807, 2.05) is 0 Å². The maximum atomic E-state index is 12.1. The van der Waals surface area contributed by atoms with Crippen LogP contribution in [0.2, 0.25) is 0 Å². The second kappa shape index (κ2) is 4.16. The first-order valence-corrected chi connectivity index (χ1v) is 4.19. The van der Waals surface area contributed by atoms with Crippen molar-refractivity contribution in [2.45, 2.75) is 32.5 Å². The van der Waals surface area contributed by atoms with Crippen LogP contribution in [0.4, 0.5) is 13.2 Å². The van der Waals surface area contributed by atoms with E-state index in [9.17, 15) is 18.0 Å². The molecule has 0 spiro atoms. The van der Waals surface area contributed by atoms with E-state index < -0.39 is 17.6 Å². The van der Waals surface area contributed by atoms with E-state index in [1.54, 1.807) is 0 Å². The summed E-state index contributed by atoms with van der Waals surface area (Å²) in [5.74, 6) is -1.84. The minimum atomic E-state index is -4.83. The zero-order chi connectivity index (χ0) is 11.6. The van der Waals surface area contributed by atoms with E-state index in [0.717, 1.165) is 4.90 Å². The normalized spacial score (nSPS) is 12.8.